The van der Waals surface area contributed by atoms with Gasteiger partial charge in [-0.2, -0.15) is 65.9 Å². The predicted octanol–water partition coefficient (Wildman–Crippen LogP) is 15.7. The molecule has 0 rings (SSSR count). The molecule has 0 aliphatic heterocycles. The molecule has 0 aromatic carbocycles. The van der Waals surface area contributed by atoms with Crippen LogP contribution in [0.4, 0.5) is 65.9 Å². The van der Waals surface area contributed by atoms with Crippen molar-refractivity contribution in [2.45, 2.75) is 242 Å². The standard InChI is InChI=1S/C49H81F15N2O5/c1-7-11-27-37(9-3)35-70-40(67)31-23-19-15-13-17-21-29-39(30-22-18-14-16-20-24-32-41(68)71-36-38(10-4)28-12-8-2)66(34-26-25-33-65(5)6)42(69)43(50,51)44(52,53)45(54,55)46(56,57)47(58,59)48(60,61)49(62,63)64/h37-39H,7-36H2,1-6H3. The Labute approximate surface area is 411 Å². The van der Waals surface area contributed by atoms with Gasteiger partial charge in [-0.15, -0.1) is 0 Å². The first-order valence-electron chi connectivity index (χ1n) is 25.5. The van der Waals surface area contributed by atoms with E-state index in [0.29, 0.717) is 77.4 Å². The molecule has 0 N–H and O–H groups in total. The van der Waals surface area contributed by atoms with Crippen molar-refractivity contribution in [3.63, 3.8) is 0 Å². The molecule has 2 atom stereocenters. The van der Waals surface area contributed by atoms with E-state index >= 15 is 17.6 Å². The first-order valence-corrected chi connectivity index (χ1v) is 25.5. The van der Waals surface area contributed by atoms with Crippen LogP contribution in [0.2, 0.25) is 0 Å². The lowest BCUT2D eigenvalue weighted by Crippen LogP contribution is -2.74. The molecule has 2 unspecified atom stereocenters. The van der Waals surface area contributed by atoms with Crippen LogP contribution in [-0.4, -0.2) is 116 Å². The van der Waals surface area contributed by atoms with Crippen molar-refractivity contribution >= 4 is 17.8 Å². The molecule has 0 aliphatic carbocycles. The first kappa shape index (κ1) is 68.3. The highest BCUT2D eigenvalue weighted by Gasteiger charge is 2.94. The maximum absolute atomic E-state index is 15.7. The number of hydrogen-bond acceptors (Lipinski definition) is 6. The van der Waals surface area contributed by atoms with Gasteiger partial charge in [-0.05, 0) is 83.8 Å². The molecule has 0 aromatic heterocycles. The van der Waals surface area contributed by atoms with Crippen LogP contribution in [0.25, 0.3) is 0 Å². The van der Waals surface area contributed by atoms with Crippen molar-refractivity contribution in [2.24, 2.45) is 11.8 Å². The van der Waals surface area contributed by atoms with E-state index in [1.54, 1.807) is 19.0 Å². The highest BCUT2D eigenvalue weighted by atomic mass is 19.4. The van der Waals surface area contributed by atoms with E-state index in [2.05, 4.69) is 13.8 Å². The Morgan fingerprint density at radius 3 is 1.14 bits per heavy atom. The van der Waals surface area contributed by atoms with Crippen molar-refractivity contribution in [2.75, 3.05) is 40.4 Å². The normalized spacial score (nSPS) is 14.7. The highest BCUT2D eigenvalue weighted by molar-refractivity contribution is 5.85. The summed E-state index contributed by atoms with van der Waals surface area (Å²) in [5.74, 6) is -51.8. The van der Waals surface area contributed by atoms with Gasteiger partial charge in [0.05, 0.1) is 13.2 Å². The van der Waals surface area contributed by atoms with E-state index in [1.165, 1.54) is 0 Å². The van der Waals surface area contributed by atoms with Crippen LogP contribution >= 0.6 is 0 Å². The lowest BCUT2D eigenvalue weighted by Gasteiger charge is -2.42. The number of unbranched alkanes of at least 4 members (excludes halogenated alkanes) is 13. The smallest absolute Gasteiger partial charge is 0.460 e. The molecule has 0 saturated heterocycles. The van der Waals surface area contributed by atoms with Crippen LogP contribution in [0.1, 0.15) is 195 Å². The lowest BCUT2D eigenvalue weighted by atomic mass is 9.90. The predicted molar refractivity (Wildman–Crippen MR) is 241 cm³/mol. The van der Waals surface area contributed by atoms with Crippen LogP contribution in [0.3, 0.4) is 0 Å². The van der Waals surface area contributed by atoms with Crippen molar-refractivity contribution in [3.05, 3.63) is 0 Å². The Kier molecular flexibility index (Phi) is 31.4. The van der Waals surface area contributed by atoms with Gasteiger partial charge in [0.15, 0.2) is 0 Å². The number of carbonyl (C=O) groups is 3. The number of rotatable bonds is 42. The Balaban J connectivity index is 6.29. The molecular weight excluding hydrogens is 982 g/mol. The second kappa shape index (κ2) is 32.6. The molecule has 0 heterocycles. The van der Waals surface area contributed by atoms with Crippen LogP contribution < -0.4 is 0 Å². The maximum atomic E-state index is 15.7. The average Bonchev–Trinajstić information content (AvgIpc) is 3.29. The second-order valence-electron chi connectivity index (χ2n) is 19.1. The number of carbonyl (C=O) groups excluding carboxylic acids is 3. The summed E-state index contributed by atoms with van der Waals surface area (Å²) in [7, 11) is 3.18. The summed E-state index contributed by atoms with van der Waals surface area (Å²) < 4.78 is 224. The van der Waals surface area contributed by atoms with E-state index in [4.69, 9.17) is 9.47 Å². The first-order chi connectivity index (χ1) is 32.9. The molecule has 1 amide bonds. The van der Waals surface area contributed by atoms with Crippen molar-refractivity contribution in [1.29, 1.82) is 0 Å². The van der Waals surface area contributed by atoms with Gasteiger partial charge in [-0.3, -0.25) is 14.4 Å². The zero-order valence-corrected chi connectivity index (χ0v) is 42.6. The van der Waals surface area contributed by atoms with Crippen LogP contribution in [0, 0.1) is 11.8 Å². The van der Waals surface area contributed by atoms with Crippen molar-refractivity contribution in [1.82, 2.24) is 9.80 Å². The number of alkyl halides is 15. The molecule has 0 saturated carbocycles. The average molecular weight is 1060 g/mol. The summed E-state index contributed by atoms with van der Waals surface area (Å²) in [6, 6.07) is -1.47. The monoisotopic (exact) mass is 1060 g/mol. The molecule has 7 nitrogen and oxygen atoms in total. The summed E-state index contributed by atoms with van der Waals surface area (Å²) in [6.45, 7) is 8.13. The van der Waals surface area contributed by atoms with E-state index in [9.17, 15) is 62.7 Å². The zero-order chi connectivity index (χ0) is 54.7. The van der Waals surface area contributed by atoms with Gasteiger partial charge in [0.2, 0.25) is 0 Å². The van der Waals surface area contributed by atoms with E-state index in [-0.39, 0.29) is 86.6 Å². The topological polar surface area (TPSA) is 76.2 Å². The van der Waals surface area contributed by atoms with Gasteiger partial charge in [-0.25, -0.2) is 0 Å². The van der Waals surface area contributed by atoms with Gasteiger partial charge < -0.3 is 19.3 Å². The summed E-state index contributed by atoms with van der Waals surface area (Å²) in [6.07, 6.45) is 4.77. The highest BCUT2D eigenvalue weighted by Crippen LogP contribution is 2.62. The summed E-state index contributed by atoms with van der Waals surface area (Å²) in [5.41, 5.74) is 0. The minimum Gasteiger partial charge on any atom is -0.465 e. The minimum atomic E-state index is -8.50. The molecule has 422 valence electrons. The van der Waals surface area contributed by atoms with E-state index in [1.807, 2.05) is 13.8 Å². The Morgan fingerprint density at radius 2 is 0.775 bits per heavy atom. The molecule has 0 aliphatic rings. The quantitative estimate of drug-likeness (QED) is 0.0344. The number of hydrogen-bond donors (Lipinski definition) is 0. The summed E-state index contributed by atoms with van der Waals surface area (Å²) in [5, 5.41) is 0. The lowest BCUT2D eigenvalue weighted by molar-refractivity contribution is -0.450. The number of esters is 2. The summed E-state index contributed by atoms with van der Waals surface area (Å²) >= 11 is 0. The second-order valence-corrected chi connectivity index (χ2v) is 19.1. The van der Waals surface area contributed by atoms with Gasteiger partial charge >= 0.3 is 53.7 Å². The SMILES string of the molecule is CCCCC(CC)COC(=O)CCCCCCCCC(CCCCCCCCC(=O)OCC(CC)CCCC)N(CCCCN(C)C)C(=O)C(F)(F)C(F)(F)C(F)(F)C(F)(F)C(F)(F)C(F)(F)C(F)(F)F. The molecular formula is C49H81F15N2O5. The Bertz CT molecular complexity index is 1440. The molecule has 0 radical (unpaired) electrons. The number of ether oxygens (including phenoxy) is 2. The zero-order valence-electron chi connectivity index (χ0n) is 42.6. The van der Waals surface area contributed by atoms with Gasteiger partial charge in [-0.1, -0.05) is 130 Å². The Hall–Kier alpha value is -2.68. The van der Waals surface area contributed by atoms with Crippen LogP contribution in [0.5, 0.6) is 0 Å². The fourth-order valence-corrected chi connectivity index (χ4v) is 7.97. The minimum absolute atomic E-state index is 0.0637. The Morgan fingerprint density at radius 1 is 0.423 bits per heavy atom. The molecule has 0 fully saturated rings. The third kappa shape index (κ3) is 21.2. The van der Waals surface area contributed by atoms with E-state index < -0.39 is 60.2 Å². The fourth-order valence-electron chi connectivity index (χ4n) is 7.97. The maximum Gasteiger partial charge on any atom is 0.460 e. The number of halogens is 15. The third-order valence-corrected chi connectivity index (χ3v) is 12.9. The largest absolute Gasteiger partial charge is 0.465 e. The van der Waals surface area contributed by atoms with Gasteiger partial charge in [0.1, 0.15) is 0 Å². The molecule has 0 aromatic rings. The van der Waals surface area contributed by atoms with E-state index in [0.717, 1.165) is 51.4 Å². The fraction of sp³-hybridized carbons (Fsp3) is 0.939. The third-order valence-electron chi connectivity index (χ3n) is 12.9. The number of nitrogens with zero attached hydrogens (tertiary/aromatic N) is 2. The van der Waals surface area contributed by atoms with Crippen molar-refractivity contribution < 1.29 is 89.7 Å². The molecule has 71 heavy (non-hydrogen) atoms. The van der Waals surface area contributed by atoms with Gasteiger partial charge in [0.25, 0.3) is 5.91 Å². The molecule has 0 spiro atoms. The van der Waals surface area contributed by atoms with Gasteiger partial charge in [0, 0.05) is 25.4 Å². The van der Waals surface area contributed by atoms with Crippen LogP contribution in [0.15, 0.2) is 0 Å². The molecule has 0 bridgehead atoms. The number of amides is 1. The summed E-state index contributed by atoms with van der Waals surface area (Å²) in [4.78, 5) is 39.7. The van der Waals surface area contributed by atoms with Crippen LogP contribution in [-0.2, 0) is 23.9 Å². The molecule has 22 heteroatoms. The van der Waals surface area contributed by atoms with Crippen molar-refractivity contribution in [3.8, 4) is 0 Å².